The maximum atomic E-state index is 14.2. The van der Waals surface area contributed by atoms with Gasteiger partial charge in [0.25, 0.3) is 0 Å². The van der Waals surface area contributed by atoms with Crippen LogP contribution in [0.3, 0.4) is 0 Å². The summed E-state index contributed by atoms with van der Waals surface area (Å²) in [5.74, 6) is -5.23. The molecule has 0 aromatic heterocycles. The van der Waals surface area contributed by atoms with Crippen LogP contribution in [0.1, 0.15) is 64.5 Å². The molecule has 0 aliphatic carbocycles. The van der Waals surface area contributed by atoms with Gasteiger partial charge in [0, 0.05) is 27.3 Å². The number of carbonyl (C=O) groups is 3. The lowest BCUT2D eigenvalue weighted by Crippen LogP contribution is -2.42. The predicted molar refractivity (Wildman–Crippen MR) is 132 cm³/mol. The Kier molecular flexibility index (Phi) is 7.76. The molecule has 0 fully saturated rings. The van der Waals surface area contributed by atoms with Crippen LogP contribution in [0.25, 0.3) is 0 Å². The van der Waals surface area contributed by atoms with Crippen molar-refractivity contribution in [2.45, 2.75) is 43.9 Å². The van der Waals surface area contributed by atoms with Gasteiger partial charge in [-0.3, -0.25) is 4.79 Å². The smallest absolute Gasteiger partial charge is 0.417 e. The van der Waals surface area contributed by atoms with Crippen LogP contribution in [-0.2, 0) is 25.2 Å². The summed E-state index contributed by atoms with van der Waals surface area (Å²) in [6, 6.07) is 8.66. The Morgan fingerprint density at radius 2 is 1.29 bits per heavy atom. The highest BCUT2D eigenvalue weighted by Gasteiger charge is 2.48. The van der Waals surface area contributed by atoms with Gasteiger partial charge in [-0.1, -0.05) is 48.0 Å². The molecule has 0 N–H and O–H groups in total. The second-order valence-electron chi connectivity index (χ2n) is 9.96. The van der Waals surface area contributed by atoms with E-state index >= 15 is 0 Å². The summed E-state index contributed by atoms with van der Waals surface area (Å²) in [6.45, 7) is 3.40. The van der Waals surface area contributed by atoms with E-state index in [1.54, 1.807) is 19.9 Å². The normalized spacial score (nSPS) is 15.0. The molecule has 0 saturated heterocycles. The number of rotatable bonds is 6. The lowest BCUT2D eigenvalue weighted by Gasteiger charge is -2.38. The zero-order valence-corrected chi connectivity index (χ0v) is 22.3. The van der Waals surface area contributed by atoms with Gasteiger partial charge in [0.15, 0.2) is 5.78 Å². The number of thioether (sulfide) groups is 1. The topological polar surface area (TPSA) is 97.3 Å². The Balaban J connectivity index is 2.00. The molecule has 4 rings (SSSR count). The van der Waals surface area contributed by atoms with Crippen molar-refractivity contribution in [3.05, 3.63) is 98.6 Å². The van der Waals surface area contributed by atoms with Crippen molar-refractivity contribution in [1.82, 2.24) is 0 Å². The minimum atomic E-state index is -5.20. The fourth-order valence-corrected chi connectivity index (χ4v) is 6.78. The summed E-state index contributed by atoms with van der Waals surface area (Å²) in [7, 11) is 0. The minimum Gasteiger partial charge on any atom is -0.545 e. The lowest BCUT2D eigenvalue weighted by molar-refractivity contribution is -0.256. The van der Waals surface area contributed by atoms with Gasteiger partial charge in [0.05, 0.1) is 28.5 Å². The molecule has 0 bridgehead atoms. The van der Waals surface area contributed by atoms with E-state index in [-0.39, 0.29) is 11.3 Å². The number of fused-ring (bicyclic) bond motifs is 1. The van der Waals surface area contributed by atoms with Crippen LogP contribution in [0.4, 0.5) is 26.3 Å². The van der Waals surface area contributed by atoms with Crippen LogP contribution in [0.2, 0.25) is 0 Å². The summed E-state index contributed by atoms with van der Waals surface area (Å²) < 4.78 is 85.1. The van der Waals surface area contributed by atoms with Crippen LogP contribution >= 0.6 is 11.8 Å². The molecule has 12 heteroatoms. The van der Waals surface area contributed by atoms with Crippen LogP contribution in [0, 0.1) is 19.3 Å². The second kappa shape index (κ2) is 10.6. The summed E-state index contributed by atoms with van der Waals surface area (Å²) in [5, 5.41) is 23.1. The van der Waals surface area contributed by atoms with E-state index in [9.17, 15) is 50.9 Å². The molecule has 0 unspecified atom stereocenters. The highest BCUT2D eigenvalue weighted by Crippen LogP contribution is 2.48. The second-order valence-corrected chi connectivity index (χ2v) is 10.9. The van der Waals surface area contributed by atoms with E-state index < -0.39 is 81.7 Å². The number of benzene rings is 3. The largest absolute Gasteiger partial charge is 0.545 e. The number of aryl methyl sites for hydroxylation is 2. The molecule has 216 valence electrons. The van der Waals surface area contributed by atoms with Crippen LogP contribution < -0.4 is 10.2 Å². The van der Waals surface area contributed by atoms with Crippen molar-refractivity contribution in [3.8, 4) is 0 Å². The van der Waals surface area contributed by atoms with Crippen molar-refractivity contribution < 1.29 is 50.9 Å². The number of aromatic carboxylic acids is 2. The molecule has 3 aromatic carbocycles. The quantitative estimate of drug-likeness (QED) is 0.380. The zero-order chi connectivity index (χ0) is 30.5. The summed E-state index contributed by atoms with van der Waals surface area (Å²) in [4.78, 5) is 37.9. The van der Waals surface area contributed by atoms with Gasteiger partial charge in [0.2, 0.25) is 0 Å². The van der Waals surface area contributed by atoms with E-state index in [1.165, 1.54) is 6.07 Å². The van der Waals surface area contributed by atoms with Gasteiger partial charge in [-0.15, -0.1) is 11.8 Å². The molecule has 0 radical (unpaired) electrons. The summed E-state index contributed by atoms with van der Waals surface area (Å²) in [5.41, 5.74) is -7.25. The molecule has 3 aromatic rings. The molecule has 41 heavy (non-hydrogen) atoms. The lowest BCUT2D eigenvalue weighted by atomic mass is 9.70. The number of ketones is 1. The number of halogens is 6. The number of Topliss-reactive ketones (excluding diaryl/α,β-unsaturated/α-hetero) is 1. The molecule has 1 aliphatic rings. The van der Waals surface area contributed by atoms with Gasteiger partial charge in [-0.05, 0) is 49.4 Å². The van der Waals surface area contributed by atoms with Crippen LogP contribution in [0.15, 0.2) is 53.4 Å². The number of carboxylic acid groups (broad SMARTS) is 2. The first-order valence-electron chi connectivity index (χ1n) is 12.1. The SMILES string of the molecule is Cc1cc(C)c2c(c1)C(=O)C(Cc1cccc(C(=O)[O-])c1C(F)(F)F)(Cc1cccc(C(=O)[O-])c1C(F)(F)F)CS2. The standard InChI is InChI=1S/C29H22F6O5S/c1-14-9-15(2)23-20(10-14)24(36)27(13-41-23,11-16-5-3-7-18(25(37)38)21(16)28(30,31)32)12-17-6-4-8-19(26(39)40)22(17)29(33,34)35/h3-10H,11-13H2,1-2H3,(H,37,38)(H,39,40)/p-2. The molecule has 5 nitrogen and oxygen atoms in total. The molecule has 0 amide bonds. The third kappa shape index (κ3) is 5.70. The zero-order valence-electron chi connectivity index (χ0n) is 21.5. The number of hydrogen-bond donors (Lipinski definition) is 0. The minimum absolute atomic E-state index is 0.105. The van der Waals surface area contributed by atoms with Gasteiger partial charge in [0.1, 0.15) is 0 Å². The van der Waals surface area contributed by atoms with Crippen molar-refractivity contribution in [3.63, 3.8) is 0 Å². The maximum absolute atomic E-state index is 14.2. The average molecular weight is 595 g/mol. The highest BCUT2D eigenvalue weighted by atomic mass is 32.2. The number of carbonyl (C=O) groups excluding carboxylic acids is 3. The molecule has 0 spiro atoms. The van der Waals surface area contributed by atoms with Crippen LogP contribution in [0.5, 0.6) is 0 Å². The summed E-state index contributed by atoms with van der Waals surface area (Å²) >= 11 is 1.08. The predicted octanol–water partition coefficient (Wildman–Crippen LogP) is 4.83. The first kappa shape index (κ1) is 30.2. The van der Waals surface area contributed by atoms with E-state index in [1.807, 2.05) is 0 Å². The van der Waals surface area contributed by atoms with E-state index in [0.717, 1.165) is 36.0 Å². The number of hydrogen-bond acceptors (Lipinski definition) is 6. The van der Waals surface area contributed by atoms with Gasteiger partial charge in [-0.25, -0.2) is 0 Å². The first-order valence-corrected chi connectivity index (χ1v) is 13.0. The molecular weight excluding hydrogens is 574 g/mol. The fourth-order valence-electron chi connectivity index (χ4n) is 5.44. The van der Waals surface area contributed by atoms with Crippen molar-refractivity contribution >= 4 is 29.5 Å². The highest BCUT2D eigenvalue weighted by molar-refractivity contribution is 7.99. The Morgan fingerprint density at radius 3 is 1.71 bits per heavy atom. The average Bonchev–Trinajstić information content (AvgIpc) is 2.84. The third-order valence-corrected chi connectivity index (χ3v) is 8.53. The van der Waals surface area contributed by atoms with E-state index in [0.29, 0.717) is 28.2 Å². The Bertz CT molecular complexity index is 1500. The monoisotopic (exact) mass is 594 g/mol. The van der Waals surface area contributed by atoms with Crippen molar-refractivity contribution in [2.24, 2.45) is 5.41 Å². The first-order chi connectivity index (χ1) is 19.0. The van der Waals surface area contributed by atoms with E-state index in [4.69, 9.17) is 0 Å². The molecular formula is C29H20F6O5S-2. The van der Waals surface area contributed by atoms with Crippen molar-refractivity contribution in [2.75, 3.05) is 5.75 Å². The van der Waals surface area contributed by atoms with Gasteiger partial charge >= 0.3 is 12.4 Å². The Labute approximate surface area is 234 Å². The maximum Gasteiger partial charge on any atom is 0.417 e. The van der Waals surface area contributed by atoms with Crippen molar-refractivity contribution in [1.29, 1.82) is 0 Å². The van der Waals surface area contributed by atoms with E-state index in [2.05, 4.69) is 0 Å². The molecule has 1 aliphatic heterocycles. The van der Waals surface area contributed by atoms with Gasteiger partial charge < -0.3 is 19.8 Å². The van der Waals surface area contributed by atoms with Crippen LogP contribution in [-0.4, -0.2) is 23.5 Å². The summed E-state index contributed by atoms with van der Waals surface area (Å²) in [6.07, 6.45) is -12.0. The fraction of sp³-hybridized carbons (Fsp3) is 0.276. The molecule has 1 heterocycles. The number of alkyl halides is 6. The molecule has 0 saturated carbocycles. The third-order valence-electron chi connectivity index (χ3n) is 7.00. The van der Waals surface area contributed by atoms with Gasteiger partial charge in [-0.2, -0.15) is 26.3 Å². The molecule has 0 atom stereocenters. The Hall–Kier alpha value is -3.80. The Morgan fingerprint density at radius 1 is 0.829 bits per heavy atom. The number of carboxylic acids is 2.